The van der Waals surface area contributed by atoms with Crippen LogP contribution in [0.1, 0.15) is 17.5 Å². The number of thioether (sulfide) groups is 1. The average Bonchev–Trinajstić information content (AvgIpc) is 2.58. The number of nitrogens with zero attached hydrogens (tertiary/aromatic N) is 1. The van der Waals surface area contributed by atoms with Gasteiger partial charge >= 0.3 is 5.97 Å². The predicted octanol–water partition coefficient (Wildman–Crippen LogP) is 3.83. The van der Waals surface area contributed by atoms with Crippen molar-refractivity contribution in [2.24, 2.45) is 10.9 Å². The highest BCUT2D eigenvalue weighted by atomic mass is 35.5. The van der Waals surface area contributed by atoms with Crippen LogP contribution in [0.5, 0.6) is 0 Å². The molecule has 0 heterocycles. The Hall–Kier alpha value is -1.98. The Morgan fingerprint density at radius 1 is 1.13 bits per heavy atom. The molecule has 0 amide bonds. The van der Waals surface area contributed by atoms with Gasteiger partial charge in [0.05, 0.1) is 6.42 Å². The Morgan fingerprint density at radius 3 is 2.52 bits per heavy atom. The smallest absolute Gasteiger partial charge is 0.335 e. The molecule has 0 fully saturated rings. The van der Waals surface area contributed by atoms with Crippen LogP contribution in [0.3, 0.4) is 0 Å². The minimum atomic E-state index is -0.400. The minimum absolute atomic E-state index is 0.145. The molecule has 0 atom stereocenters. The average molecular weight is 349 g/mol. The molecule has 0 aromatic heterocycles. The Kier molecular flexibility index (Phi) is 6.97. The maximum atomic E-state index is 11.6. The number of hydrogen-bond donors (Lipinski definition) is 1. The molecule has 0 aliphatic carbocycles. The second kappa shape index (κ2) is 9.22. The zero-order chi connectivity index (χ0) is 16.5. The number of oxime groups is 1. The Bertz CT molecular complexity index is 660. The van der Waals surface area contributed by atoms with Gasteiger partial charge in [-0.15, -0.1) is 0 Å². The van der Waals surface area contributed by atoms with E-state index in [0.717, 1.165) is 5.75 Å². The van der Waals surface area contributed by atoms with E-state index in [4.69, 9.17) is 22.2 Å². The summed E-state index contributed by atoms with van der Waals surface area (Å²) in [5.41, 5.74) is 7.63. The summed E-state index contributed by atoms with van der Waals surface area (Å²) in [5.74, 6) is 1.28. The van der Waals surface area contributed by atoms with E-state index in [1.807, 2.05) is 18.2 Å². The van der Waals surface area contributed by atoms with Crippen LogP contribution >= 0.6 is 23.4 Å². The number of benzene rings is 2. The molecule has 2 rings (SSSR count). The van der Waals surface area contributed by atoms with E-state index < -0.39 is 5.97 Å². The van der Waals surface area contributed by atoms with E-state index in [1.165, 1.54) is 5.56 Å². The van der Waals surface area contributed by atoms with Gasteiger partial charge in [-0.25, -0.2) is 4.79 Å². The highest BCUT2D eigenvalue weighted by Crippen LogP contribution is 2.13. The molecule has 6 heteroatoms. The van der Waals surface area contributed by atoms with E-state index in [9.17, 15) is 4.79 Å². The van der Waals surface area contributed by atoms with Crippen LogP contribution in [0, 0.1) is 0 Å². The fourth-order valence-corrected chi connectivity index (χ4v) is 2.75. The van der Waals surface area contributed by atoms with Gasteiger partial charge in [0.25, 0.3) is 0 Å². The van der Waals surface area contributed by atoms with E-state index in [-0.39, 0.29) is 12.3 Å². The monoisotopic (exact) mass is 348 g/mol. The first-order valence-corrected chi connectivity index (χ1v) is 8.59. The Labute approximate surface area is 144 Å². The van der Waals surface area contributed by atoms with Crippen molar-refractivity contribution in [2.75, 3.05) is 5.75 Å². The van der Waals surface area contributed by atoms with Crippen molar-refractivity contribution in [3.63, 3.8) is 0 Å². The predicted molar refractivity (Wildman–Crippen MR) is 95.5 cm³/mol. The number of carbonyl (C=O) groups is 1. The fraction of sp³-hybridized carbons (Fsp3) is 0.176. The molecule has 0 aliphatic heterocycles. The van der Waals surface area contributed by atoms with Gasteiger partial charge in [-0.2, -0.15) is 11.8 Å². The van der Waals surface area contributed by atoms with Crippen LogP contribution in [0.4, 0.5) is 0 Å². The van der Waals surface area contributed by atoms with Crippen molar-refractivity contribution >= 4 is 35.2 Å². The third-order valence-corrected chi connectivity index (χ3v) is 4.23. The second-order valence-corrected chi connectivity index (χ2v) is 6.28. The first kappa shape index (κ1) is 17.4. The van der Waals surface area contributed by atoms with Crippen molar-refractivity contribution in [3.8, 4) is 0 Å². The number of hydrogen-bond acceptors (Lipinski definition) is 4. The first-order valence-electron chi connectivity index (χ1n) is 7.06. The van der Waals surface area contributed by atoms with Crippen LogP contribution < -0.4 is 5.73 Å². The van der Waals surface area contributed by atoms with Crippen LogP contribution in [0.2, 0.25) is 5.02 Å². The molecule has 0 bridgehead atoms. The lowest BCUT2D eigenvalue weighted by Crippen LogP contribution is -2.15. The molecule has 0 aliphatic rings. The van der Waals surface area contributed by atoms with Crippen molar-refractivity contribution < 1.29 is 9.63 Å². The van der Waals surface area contributed by atoms with Gasteiger partial charge in [0, 0.05) is 22.1 Å². The molecule has 0 saturated heterocycles. The van der Waals surface area contributed by atoms with Crippen molar-refractivity contribution in [1.82, 2.24) is 0 Å². The molecule has 0 spiro atoms. The molecule has 2 aromatic rings. The summed E-state index contributed by atoms with van der Waals surface area (Å²) in [6.07, 6.45) is 0.287. The van der Waals surface area contributed by atoms with Crippen LogP contribution in [-0.2, 0) is 15.4 Å². The lowest BCUT2D eigenvalue weighted by atomic mass is 10.2. The van der Waals surface area contributed by atoms with E-state index >= 15 is 0 Å². The molecule has 0 unspecified atom stereocenters. The van der Waals surface area contributed by atoms with Gasteiger partial charge in [0.2, 0.25) is 0 Å². The van der Waals surface area contributed by atoms with Gasteiger partial charge in [-0.3, -0.25) is 0 Å². The van der Waals surface area contributed by atoms with E-state index in [0.29, 0.717) is 16.3 Å². The fourth-order valence-electron chi connectivity index (χ4n) is 1.74. The van der Waals surface area contributed by atoms with Crippen LogP contribution in [-0.4, -0.2) is 17.6 Å². The molecule has 120 valence electrons. The number of nitrogens with two attached hydrogens (primary N) is 1. The molecular weight excluding hydrogens is 332 g/mol. The topological polar surface area (TPSA) is 64.7 Å². The van der Waals surface area contributed by atoms with Crippen molar-refractivity contribution in [1.29, 1.82) is 0 Å². The minimum Gasteiger partial charge on any atom is -0.380 e. The number of amidine groups is 1. The van der Waals surface area contributed by atoms with E-state index in [1.54, 1.807) is 36.0 Å². The number of rotatable bonds is 7. The molecule has 4 nitrogen and oxygen atoms in total. The first-order chi connectivity index (χ1) is 11.1. The van der Waals surface area contributed by atoms with Gasteiger partial charge in [0.15, 0.2) is 5.84 Å². The maximum absolute atomic E-state index is 11.6. The summed E-state index contributed by atoms with van der Waals surface area (Å²) in [5, 5.41) is 4.26. The Morgan fingerprint density at radius 2 is 1.83 bits per heavy atom. The lowest BCUT2D eigenvalue weighted by molar-refractivity contribution is -0.143. The summed E-state index contributed by atoms with van der Waals surface area (Å²) in [6.45, 7) is 0. The number of carbonyl (C=O) groups excluding carboxylic acids is 1. The molecule has 2 aromatic carbocycles. The summed E-state index contributed by atoms with van der Waals surface area (Å²) in [4.78, 5) is 16.4. The third kappa shape index (κ3) is 6.34. The second-order valence-electron chi connectivity index (χ2n) is 4.73. The van der Waals surface area contributed by atoms with Crippen LogP contribution in [0.15, 0.2) is 59.8 Å². The highest BCUT2D eigenvalue weighted by molar-refractivity contribution is 7.98. The quantitative estimate of drug-likeness (QED) is 0.271. The van der Waals surface area contributed by atoms with Crippen molar-refractivity contribution in [3.05, 3.63) is 70.7 Å². The Balaban J connectivity index is 1.70. The summed E-state index contributed by atoms with van der Waals surface area (Å²) >= 11 is 7.46. The third-order valence-electron chi connectivity index (χ3n) is 2.95. The zero-order valence-corrected chi connectivity index (χ0v) is 14.0. The molecule has 23 heavy (non-hydrogen) atoms. The highest BCUT2D eigenvalue weighted by Gasteiger charge is 2.05. The molecule has 0 radical (unpaired) electrons. The maximum Gasteiger partial charge on any atom is 0.335 e. The van der Waals surface area contributed by atoms with Crippen LogP contribution in [0.25, 0.3) is 0 Å². The van der Waals surface area contributed by atoms with Gasteiger partial charge < -0.3 is 10.6 Å². The SMILES string of the molecule is N/C(=N/OC(=O)CCSCc1ccccc1)c1ccc(Cl)cc1. The summed E-state index contributed by atoms with van der Waals surface area (Å²) < 4.78 is 0. The molecule has 2 N–H and O–H groups in total. The van der Waals surface area contributed by atoms with Gasteiger partial charge in [0.1, 0.15) is 0 Å². The van der Waals surface area contributed by atoms with Crippen molar-refractivity contribution in [2.45, 2.75) is 12.2 Å². The zero-order valence-electron chi connectivity index (χ0n) is 12.4. The summed E-state index contributed by atoms with van der Waals surface area (Å²) in [6, 6.07) is 16.9. The standard InChI is InChI=1S/C17H17ClN2O2S/c18-15-8-6-14(7-9-15)17(19)20-22-16(21)10-11-23-12-13-4-2-1-3-5-13/h1-9H,10-12H2,(H2,19,20). The lowest BCUT2D eigenvalue weighted by Gasteiger charge is -2.02. The number of halogens is 1. The summed E-state index contributed by atoms with van der Waals surface area (Å²) in [7, 11) is 0. The van der Waals surface area contributed by atoms with Gasteiger partial charge in [-0.05, 0) is 29.8 Å². The molecule has 0 saturated carbocycles. The largest absolute Gasteiger partial charge is 0.380 e. The molecular formula is C17H17ClN2O2S. The normalized spacial score (nSPS) is 11.3. The van der Waals surface area contributed by atoms with Gasteiger partial charge in [-0.1, -0.05) is 47.1 Å². The van der Waals surface area contributed by atoms with E-state index in [2.05, 4.69) is 17.3 Å².